The van der Waals surface area contributed by atoms with Crippen LogP contribution in [0.15, 0.2) is 101 Å². The molecular weight excluding hydrogens is 574 g/mol. The van der Waals surface area contributed by atoms with E-state index in [0.717, 1.165) is 33.0 Å². The standard InChI is InChI=1S/C30H24BrN5O2S/c31-22-12-14-23(15-13-22)36-27(18-32-29(38)25-10-5-8-20-6-1-3-9-24(20)25)33-34-30(36)39-19-28(37)35-17-16-21-7-2-4-11-26(21)35/h1-15H,16-19H2,(H,32,38). The number of fused-ring (bicyclic) bond motifs is 2. The van der Waals surface area contributed by atoms with Gasteiger partial charge >= 0.3 is 0 Å². The van der Waals surface area contributed by atoms with Crippen LogP contribution in [0.4, 0.5) is 5.69 Å². The first-order chi connectivity index (χ1) is 19.1. The normalized spacial score (nSPS) is 12.5. The summed E-state index contributed by atoms with van der Waals surface area (Å²) >= 11 is 4.83. The Kier molecular flexibility index (Phi) is 7.17. The number of hydrogen-bond acceptors (Lipinski definition) is 5. The molecule has 1 N–H and O–H groups in total. The smallest absolute Gasteiger partial charge is 0.252 e. The molecule has 7 nitrogen and oxygen atoms in total. The lowest BCUT2D eigenvalue weighted by atomic mass is 10.0. The van der Waals surface area contributed by atoms with Gasteiger partial charge in [0.25, 0.3) is 5.91 Å². The quantitative estimate of drug-likeness (QED) is 0.240. The lowest BCUT2D eigenvalue weighted by molar-refractivity contribution is -0.116. The molecule has 1 aliphatic rings. The van der Waals surface area contributed by atoms with Crippen molar-refractivity contribution in [3.63, 3.8) is 0 Å². The number of rotatable bonds is 7. The van der Waals surface area contributed by atoms with Crippen molar-refractivity contribution in [3.8, 4) is 5.69 Å². The van der Waals surface area contributed by atoms with Crippen molar-refractivity contribution in [2.45, 2.75) is 18.1 Å². The third kappa shape index (κ3) is 5.20. The molecule has 0 radical (unpaired) electrons. The summed E-state index contributed by atoms with van der Waals surface area (Å²) in [6.45, 7) is 0.864. The van der Waals surface area contributed by atoms with Gasteiger partial charge in [0.1, 0.15) is 0 Å². The Bertz CT molecular complexity index is 1680. The summed E-state index contributed by atoms with van der Waals surface area (Å²) in [6, 6.07) is 29.3. The van der Waals surface area contributed by atoms with Crippen molar-refractivity contribution in [1.82, 2.24) is 20.1 Å². The molecule has 5 aromatic rings. The minimum atomic E-state index is -0.186. The highest BCUT2D eigenvalue weighted by atomic mass is 79.9. The van der Waals surface area contributed by atoms with Crippen LogP contribution in [0.25, 0.3) is 16.5 Å². The predicted octanol–water partition coefficient (Wildman–Crippen LogP) is 5.79. The molecule has 6 rings (SSSR count). The lowest BCUT2D eigenvalue weighted by Gasteiger charge is -2.17. The molecular formula is C30H24BrN5O2S. The number of thioether (sulfide) groups is 1. The molecule has 0 fully saturated rings. The summed E-state index contributed by atoms with van der Waals surface area (Å²) in [5.41, 5.74) is 3.63. The van der Waals surface area contributed by atoms with Crippen LogP contribution in [0.3, 0.4) is 0 Å². The maximum atomic E-state index is 13.2. The number of aromatic nitrogens is 3. The maximum Gasteiger partial charge on any atom is 0.252 e. The fraction of sp³-hybridized carbons (Fsp3) is 0.133. The highest BCUT2D eigenvalue weighted by Crippen LogP contribution is 2.30. The molecule has 0 saturated carbocycles. The van der Waals surface area contributed by atoms with E-state index >= 15 is 0 Å². The van der Waals surface area contributed by atoms with E-state index in [1.807, 2.05) is 94.4 Å². The minimum Gasteiger partial charge on any atom is -0.345 e. The summed E-state index contributed by atoms with van der Waals surface area (Å²) in [7, 11) is 0. The van der Waals surface area contributed by atoms with Gasteiger partial charge in [0.05, 0.1) is 12.3 Å². The van der Waals surface area contributed by atoms with Crippen molar-refractivity contribution >= 4 is 56.0 Å². The monoisotopic (exact) mass is 597 g/mol. The summed E-state index contributed by atoms with van der Waals surface area (Å²) in [5, 5.41) is 14.3. The van der Waals surface area contributed by atoms with Crippen LogP contribution in [0.2, 0.25) is 0 Å². The molecule has 2 amide bonds. The van der Waals surface area contributed by atoms with Crippen LogP contribution in [-0.4, -0.2) is 38.9 Å². The Hall–Kier alpha value is -3.95. The number of hydrogen-bond donors (Lipinski definition) is 1. The molecule has 0 bridgehead atoms. The van der Waals surface area contributed by atoms with Crippen molar-refractivity contribution in [3.05, 3.63) is 112 Å². The zero-order valence-corrected chi connectivity index (χ0v) is 23.3. The summed E-state index contributed by atoms with van der Waals surface area (Å²) in [5.74, 6) is 0.647. The van der Waals surface area contributed by atoms with Crippen LogP contribution in [0.1, 0.15) is 21.7 Å². The summed E-state index contributed by atoms with van der Waals surface area (Å²) < 4.78 is 2.84. The molecule has 4 aromatic carbocycles. The molecule has 1 aromatic heterocycles. The second kappa shape index (κ2) is 11.0. The van der Waals surface area contributed by atoms with Gasteiger partial charge in [0.15, 0.2) is 11.0 Å². The van der Waals surface area contributed by atoms with Gasteiger partial charge in [-0.05, 0) is 59.2 Å². The Morgan fingerprint density at radius 3 is 2.54 bits per heavy atom. The van der Waals surface area contributed by atoms with Gasteiger partial charge < -0.3 is 10.2 Å². The zero-order valence-electron chi connectivity index (χ0n) is 20.9. The average Bonchev–Trinajstić information content (AvgIpc) is 3.59. The minimum absolute atomic E-state index is 0.0288. The number of nitrogens with zero attached hydrogens (tertiary/aromatic N) is 4. The fourth-order valence-electron chi connectivity index (χ4n) is 4.84. The van der Waals surface area contributed by atoms with E-state index in [9.17, 15) is 9.59 Å². The first kappa shape index (κ1) is 25.3. The third-order valence-corrected chi connectivity index (χ3v) is 8.18. The van der Waals surface area contributed by atoms with Crippen molar-refractivity contribution in [2.24, 2.45) is 0 Å². The van der Waals surface area contributed by atoms with Crippen molar-refractivity contribution < 1.29 is 9.59 Å². The molecule has 0 saturated heterocycles. The van der Waals surface area contributed by atoms with Crippen molar-refractivity contribution in [1.29, 1.82) is 0 Å². The van der Waals surface area contributed by atoms with Crippen LogP contribution in [0, 0.1) is 0 Å². The van der Waals surface area contributed by atoms with E-state index in [-0.39, 0.29) is 24.1 Å². The number of carbonyl (C=O) groups excluding carboxylic acids is 2. The van der Waals surface area contributed by atoms with E-state index in [0.29, 0.717) is 23.1 Å². The van der Waals surface area contributed by atoms with E-state index in [2.05, 4.69) is 37.5 Å². The third-order valence-electron chi connectivity index (χ3n) is 6.74. The van der Waals surface area contributed by atoms with Crippen LogP contribution >= 0.6 is 27.7 Å². The van der Waals surface area contributed by atoms with E-state index in [1.165, 1.54) is 17.3 Å². The summed E-state index contributed by atoms with van der Waals surface area (Å²) in [6.07, 6.45) is 0.863. The fourth-order valence-corrected chi connectivity index (χ4v) is 5.95. The molecule has 0 spiro atoms. The van der Waals surface area contributed by atoms with Gasteiger partial charge in [-0.3, -0.25) is 14.2 Å². The molecule has 0 aliphatic carbocycles. The number of para-hydroxylation sites is 1. The van der Waals surface area contributed by atoms with Gasteiger partial charge in [-0.25, -0.2) is 0 Å². The Labute approximate surface area is 238 Å². The van der Waals surface area contributed by atoms with E-state index in [1.54, 1.807) is 0 Å². The first-order valence-electron chi connectivity index (χ1n) is 12.6. The van der Waals surface area contributed by atoms with Gasteiger partial charge in [-0.15, -0.1) is 10.2 Å². The Balaban J connectivity index is 1.23. The lowest BCUT2D eigenvalue weighted by Crippen LogP contribution is -2.30. The summed E-state index contributed by atoms with van der Waals surface area (Å²) in [4.78, 5) is 28.1. The predicted molar refractivity (Wildman–Crippen MR) is 157 cm³/mol. The second-order valence-electron chi connectivity index (χ2n) is 9.13. The van der Waals surface area contributed by atoms with Gasteiger partial charge in [-0.2, -0.15) is 0 Å². The highest BCUT2D eigenvalue weighted by molar-refractivity contribution is 9.10. The Morgan fingerprint density at radius 1 is 0.897 bits per heavy atom. The number of amides is 2. The molecule has 0 atom stereocenters. The number of halogens is 1. The van der Waals surface area contributed by atoms with Gasteiger partial charge in [0.2, 0.25) is 5.91 Å². The van der Waals surface area contributed by atoms with Crippen LogP contribution < -0.4 is 10.2 Å². The maximum absolute atomic E-state index is 13.2. The molecule has 194 valence electrons. The zero-order chi connectivity index (χ0) is 26.8. The number of benzene rings is 4. The van der Waals surface area contributed by atoms with E-state index < -0.39 is 0 Å². The average molecular weight is 599 g/mol. The first-order valence-corrected chi connectivity index (χ1v) is 14.3. The second-order valence-corrected chi connectivity index (χ2v) is 11.0. The van der Waals surface area contributed by atoms with Gasteiger partial charge in [0, 0.05) is 28.0 Å². The van der Waals surface area contributed by atoms with Crippen LogP contribution in [0.5, 0.6) is 0 Å². The van der Waals surface area contributed by atoms with Gasteiger partial charge in [-0.1, -0.05) is 82.3 Å². The van der Waals surface area contributed by atoms with Crippen molar-refractivity contribution in [2.75, 3.05) is 17.2 Å². The van der Waals surface area contributed by atoms with Crippen LogP contribution in [-0.2, 0) is 17.8 Å². The molecule has 0 unspecified atom stereocenters. The molecule has 2 heterocycles. The number of carbonyl (C=O) groups is 2. The molecule has 39 heavy (non-hydrogen) atoms. The molecule has 9 heteroatoms. The van der Waals surface area contributed by atoms with E-state index in [4.69, 9.17) is 0 Å². The SMILES string of the molecule is O=C(NCc1nnc(SCC(=O)N2CCc3ccccc32)n1-c1ccc(Br)cc1)c1cccc2ccccc12. The highest BCUT2D eigenvalue weighted by Gasteiger charge is 2.25. The Morgan fingerprint density at radius 2 is 1.67 bits per heavy atom. The largest absolute Gasteiger partial charge is 0.345 e. The molecule has 1 aliphatic heterocycles. The number of anilines is 1. The topological polar surface area (TPSA) is 80.1 Å². The number of nitrogens with one attached hydrogen (secondary N) is 1.